The van der Waals surface area contributed by atoms with Crippen molar-refractivity contribution in [1.82, 2.24) is 15.6 Å². The van der Waals surface area contributed by atoms with Gasteiger partial charge in [-0.3, -0.25) is 10.1 Å². The summed E-state index contributed by atoms with van der Waals surface area (Å²) < 4.78 is 0. The molecule has 66 valence electrons. The van der Waals surface area contributed by atoms with Gasteiger partial charge in [-0.2, -0.15) is 5.26 Å². The van der Waals surface area contributed by atoms with Crippen molar-refractivity contribution in [3.63, 3.8) is 0 Å². The number of nitriles is 1. The molecule has 0 saturated carbocycles. The topological polar surface area (TPSA) is 77.8 Å². The lowest BCUT2D eigenvalue weighted by molar-refractivity contribution is -0.118. The van der Waals surface area contributed by atoms with Crippen LogP contribution in [-0.2, 0) is 4.79 Å². The lowest BCUT2D eigenvalue weighted by Crippen LogP contribution is -2.22. The number of thiazole rings is 1. The van der Waals surface area contributed by atoms with Crippen molar-refractivity contribution in [3.05, 3.63) is 16.1 Å². The Morgan fingerprint density at radius 2 is 2.62 bits per heavy atom. The van der Waals surface area contributed by atoms with Crippen LogP contribution in [0.4, 0.5) is 0 Å². The summed E-state index contributed by atoms with van der Waals surface area (Å²) in [4.78, 5) is 14.9. The van der Waals surface area contributed by atoms with Gasteiger partial charge in [0, 0.05) is 5.38 Å². The molecule has 1 fully saturated rings. The van der Waals surface area contributed by atoms with E-state index in [-0.39, 0.29) is 12.1 Å². The number of amides is 1. The Hall–Kier alpha value is -1.45. The highest BCUT2D eigenvalue weighted by atomic mass is 32.1. The lowest BCUT2D eigenvalue weighted by atomic mass is 10.5. The highest BCUT2D eigenvalue weighted by Gasteiger charge is 2.23. The summed E-state index contributed by atoms with van der Waals surface area (Å²) in [6.07, 6.45) is -0.223. The maximum atomic E-state index is 10.8. The molecule has 0 radical (unpaired) electrons. The predicted octanol–water partition coefficient (Wildman–Crippen LogP) is -0.267. The Bertz CT molecular complexity index is 380. The number of hydrogen-bond donors (Lipinski definition) is 2. The fraction of sp³-hybridized carbons (Fsp3) is 0.286. The number of hydrogen-bond acceptors (Lipinski definition) is 5. The maximum Gasteiger partial charge on any atom is 0.235 e. The maximum absolute atomic E-state index is 10.8. The number of rotatable bonds is 1. The van der Waals surface area contributed by atoms with Crippen molar-refractivity contribution in [3.8, 4) is 6.07 Å². The first-order valence-corrected chi connectivity index (χ1v) is 4.56. The van der Waals surface area contributed by atoms with Crippen molar-refractivity contribution >= 4 is 17.2 Å². The summed E-state index contributed by atoms with van der Waals surface area (Å²) in [7, 11) is 0. The Balaban J connectivity index is 2.18. The highest BCUT2D eigenvalue weighted by molar-refractivity contribution is 7.09. The smallest absolute Gasteiger partial charge is 0.235 e. The molecule has 2 rings (SSSR count). The van der Waals surface area contributed by atoms with Crippen LogP contribution in [0.5, 0.6) is 0 Å². The van der Waals surface area contributed by atoms with Crippen molar-refractivity contribution in [2.75, 3.05) is 6.54 Å². The zero-order valence-electron chi connectivity index (χ0n) is 6.57. The number of nitrogens with zero attached hydrogens (tertiary/aromatic N) is 2. The van der Waals surface area contributed by atoms with Gasteiger partial charge in [0.2, 0.25) is 5.91 Å². The minimum atomic E-state index is -0.223. The van der Waals surface area contributed by atoms with E-state index in [9.17, 15) is 4.79 Å². The summed E-state index contributed by atoms with van der Waals surface area (Å²) >= 11 is 1.36. The molecule has 5 nitrogen and oxygen atoms in total. The monoisotopic (exact) mass is 194 g/mol. The molecule has 13 heavy (non-hydrogen) atoms. The molecule has 1 aliphatic rings. The molecule has 0 aliphatic carbocycles. The zero-order valence-corrected chi connectivity index (χ0v) is 7.39. The SMILES string of the molecule is N#Cc1csc(C2NCC(=O)N2)n1. The van der Waals surface area contributed by atoms with E-state index in [0.29, 0.717) is 12.2 Å². The second-order valence-electron chi connectivity index (χ2n) is 2.56. The molecule has 6 heteroatoms. The summed E-state index contributed by atoms with van der Waals surface area (Å²) in [6, 6.07) is 1.94. The zero-order chi connectivity index (χ0) is 9.26. The molecule has 1 amide bonds. The number of carbonyl (C=O) groups is 1. The molecule has 0 spiro atoms. The number of aromatic nitrogens is 1. The highest BCUT2D eigenvalue weighted by Crippen LogP contribution is 2.17. The Labute approximate surface area is 78.4 Å². The summed E-state index contributed by atoms with van der Waals surface area (Å²) in [6.45, 7) is 0.312. The van der Waals surface area contributed by atoms with Crippen LogP contribution in [0.3, 0.4) is 0 Å². The molecular weight excluding hydrogens is 188 g/mol. The molecule has 0 aromatic carbocycles. The predicted molar refractivity (Wildman–Crippen MR) is 45.7 cm³/mol. The Morgan fingerprint density at radius 1 is 1.77 bits per heavy atom. The fourth-order valence-corrected chi connectivity index (χ4v) is 1.85. The molecule has 1 atom stereocenters. The third-order valence-electron chi connectivity index (χ3n) is 1.66. The first-order valence-electron chi connectivity index (χ1n) is 3.68. The van der Waals surface area contributed by atoms with Crippen LogP contribution in [-0.4, -0.2) is 17.4 Å². The van der Waals surface area contributed by atoms with Crippen molar-refractivity contribution < 1.29 is 4.79 Å². The average molecular weight is 194 g/mol. The van der Waals surface area contributed by atoms with Gasteiger partial charge in [0.15, 0.2) is 5.69 Å². The minimum absolute atomic E-state index is 0.0429. The van der Waals surface area contributed by atoms with E-state index in [0.717, 1.165) is 5.01 Å². The van der Waals surface area contributed by atoms with Gasteiger partial charge in [0.05, 0.1) is 6.54 Å². The minimum Gasteiger partial charge on any atom is -0.333 e. The fourth-order valence-electron chi connectivity index (χ4n) is 1.08. The quantitative estimate of drug-likeness (QED) is 0.645. The molecule has 1 unspecified atom stereocenters. The normalized spacial score (nSPS) is 21.2. The van der Waals surface area contributed by atoms with Crippen LogP contribution < -0.4 is 10.6 Å². The van der Waals surface area contributed by atoms with Crippen LogP contribution in [0.1, 0.15) is 16.9 Å². The van der Waals surface area contributed by atoms with Crippen LogP contribution in [0, 0.1) is 11.3 Å². The first kappa shape index (κ1) is 8.16. The van der Waals surface area contributed by atoms with E-state index in [1.807, 2.05) is 6.07 Å². The molecule has 2 heterocycles. The van der Waals surface area contributed by atoms with Gasteiger partial charge in [-0.1, -0.05) is 0 Å². The first-order chi connectivity index (χ1) is 6.29. The van der Waals surface area contributed by atoms with Crippen molar-refractivity contribution in [2.24, 2.45) is 0 Å². The Morgan fingerprint density at radius 3 is 3.15 bits per heavy atom. The molecule has 1 aliphatic heterocycles. The van der Waals surface area contributed by atoms with E-state index in [4.69, 9.17) is 5.26 Å². The summed E-state index contributed by atoms with van der Waals surface area (Å²) in [5, 5.41) is 16.6. The van der Waals surface area contributed by atoms with Gasteiger partial charge in [-0.15, -0.1) is 11.3 Å². The van der Waals surface area contributed by atoms with Gasteiger partial charge in [-0.05, 0) is 0 Å². The summed E-state index contributed by atoms with van der Waals surface area (Å²) in [5.41, 5.74) is 0.392. The van der Waals surface area contributed by atoms with Gasteiger partial charge in [-0.25, -0.2) is 4.98 Å². The second-order valence-corrected chi connectivity index (χ2v) is 3.45. The molecule has 0 bridgehead atoms. The van der Waals surface area contributed by atoms with Crippen molar-refractivity contribution in [1.29, 1.82) is 5.26 Å². The standard InChI is InChI=1S/C7H6N4OS/c8-1-4-3-13-7(10-4)6-9-2-5(12)11-6/h3,6,9H,2H2,(H,11,12). The van der Waals surface area contributed by atoms with Gasteiger partial charge < -0.3 is 5.32 Å². The van der Waals surface area contributed by atoms with Crippen LogP contribution >= 0.6 is 11.3 Å². The number of carbonyl (C=O) groups excluding carboxylic acids is 1. The van der Waals surface area contributed by atoms with E-state index in [1.165, 1.54) is 11.3 Å². The molecule has 2 N–H and O–H groups in total. The summed E-state index contributed by atoms with van der Waals surface area (Å²) in [5.74, 6) is -0.0429. The van der Waals surface area contributed by atoms with E-state index >= 15 is 0 Å². The lowest BCUT2D eigenvalue weighted by Gasteiger charge is -2.04. The largest absolute Gasteiger partial charge is 0.333 e. The van der Waals surface area contributed by atoms with Gasteiger partial charge in [0.25, 0.3) is 0 Å². The average Bonchev–Trinajstić information content (AvgIpc) is 2.71. The second kappa shape index (κ2) is 3.12. The van der Waals surface area contributed by atoms with E-state index < -0.39 is 0 Å². The van der Waals surface area contributed by atoms with E-state index in [1.54, 1.807) is 5.38 Å². The van der Waals surface area contributed by atoms with Crippen LogP contribution in [0.25, 0.3) is 0 Å². The van der Waals surface area contributed by atoms with Gasteiger partial charge in [0.1, 0.15) is 17.2 Å². The van der Waals surface area contributed by atoms with E-state index in [2.05, 4.69) is 15.6 Å². The van der Waals surface area contributed by atoms with Crippen LogP contribution in [0.2, 0.25) is 0 Å². The molecule has 1 aromatic rings. The molecule has 1 aromatic heterocycles. The third kappa shape index (κ3) is 1.52. The molecule has 1 saturated heterocycles. The number of nitrogens with one attached hydrogen (secondary N) is 2. The van der Waals surface area contributed by atoms with Crippen LogP contribution in [0.15, 0.2) is 5.38 Å². The Kier molecular flexibility index (Phi) is 1.96. The third-order valence-corrected chi connectivity index (χ3v) is 2.57. The van der Waals surface area contributed by atoms with Crippen molar-refractivity contribution in [2.45, 2.75) is 6.17 Å². The molecular formula is C7H6N4OS. The van der Waals surface area contributed by atoms with Gasteiger partial charge >= 0.3 is 0 Å².